The summed E-state index contributed by atoms with van der Waals surface area (Å²) in [7, 11) is 0. The molecule has 7 heteroatoms. The number of benzene rings is 1. The van der Waals surface area contributed by atoms with Crippen LogP contribution in [0.5, 0.6) is 0 Å². The SMILES string of the molecule is Cc1nc(N)sc1C(=O)Nc1cccc(-n2cccn2)c1. The van der Waals surface area contributed by atoms with Crippen LogP contribution in [0.25, 0.3) is 5.69 Å². The van der Waals surface area contributed by atoms with Gasteiger partial charge in [0.25, 0.3) is 5.91 Å². The van der Waals surface area contributed by atoms with Crippen LogP contribution in [-0.2, 0) is 0 Å². The van der Waals surface area contributed by atoms with Crippen molar-refractivity contribution < 1.29 is 4.79 Å². The minimum Gasteiger partial charge on any atom is -0.375 e. The van der Waals surface area contributed by atoms with Crippen molar-refractivity contribution in [1.29, 1.82) is 0 Å². The molecule has 0 spiro atoms. The van der Waals surface area contributed by atoms with E-state index in [0.717, 1.165) is 5.69 Å². The van der Waals surface area contributed by atoms with E-state index in [1.54, 1.807) is 17.8 Å². The Kier molecular flexibility index (Phi) is 3.41. The number of rotatable bonds is 3. The van der Waals surface area contributed by atoms with Crippen molar-refractivity contribution in [3.8, 4) is 5.69 Å². The molecule has 0 aliphatic carbocycles. The number of thiazole rings is 1. The molecular formula is C14H13N5OS. The molecule has 106 valence electrons. The van der Waals surface area contributed by atoms with Gasteiger partial charge >= 0.3 is 0 Å². The average Bonchev–Trinajstić information content (AvgIpc) is 3.08. The zero-order valence-electron chi connectivity index (χ0n) is 11.3. The first-order valence-electron chi connectivity index (χ1n) is 6.28. The highest BCUT2D eigenvalue weighted by Crippen LogP contribution is 2.22. The minimum atomic E-state index is -0.209. The van der Waals surface area contributed by atoms with Gasteiger partial charge in [-0.05, 0) is 31.2 Å². The van der Waals surface area contributed by atoms with Crippen molar-refractivity contribution in [2.75, 3.05) is 11.1 Å². The van der Waals surface area contributed by atoms with E-state index in [4.69, 9.17) is 5.73 Å². The molecule has 0 radical (unpaired) electrons. The third kappa shape index (κ3) is 2.77. The molecule has 0 aliphatic rings. The van der Waals surface area contributed by atoms with Crippen LogP contribution in [0, 0.1) is 6.92 Å². The van der Waals surface area contributed by atoms with Crippen LogP contribution in [0.3, 0.4) is 0 Å². The summed E-state index contributed by atoms with van der Waals surface area (Å²) in [5.41, 5.74) is 7.82. The molecule has 2 heterocycles. The van der Waals surface area contributed by atoms with Crippen LogP contribution in [-0.4, -0.2) is 20.7 Å². The molecule has 3 rings (SSSR count). The number of nitrogen functional groups attached to an aromatic ring is 1. The smallest absolute Gasteiger partial charge is 0.267 e. The van der Waals surface area contributed by atoms with Gasteiger partial charge in [0.2, 0.25) is 0 Å². The Balaban J connectivity index is 1.84. The lowest BCUT2D eigenvalue weighted by Gasteiger charge is -2.07. The molecule has 3 N–H and O–H groups in total. The van der Waals surface area contributed by atoms with E-state index in [1.165, 1.54) is 11.3 Å². The number of hydrogen-bond acceptors (Lipinski definition) is 5. The fraction of sp³-hybridized carbons (Fsp3) is 0.0714. The standard InChI is InChI=1S/C14H13N5OS/c1-9-12(21-14(15)17-9)13(20)18-10-4-2-5-11(8-10)19-7-3-6-16-19/h2-8H,1H3,(H2,15,17)(H,18,20). The number of hydrogen-bond donors (Lipinski definition) is 2. The fourth-order valence-corrected chi connectivity index (χ4v) is 2.69. The molecule has 0 atom stereocenters. The highest BCUT2D eigenvalue weighted by molar-refractivity contribution is 7.17. The monoisotopic (exact) mass is 299 g/mol. The first-order valence-corrected chi connectivity index (χ1v) is 7.09. The lowest BCUT2D eigenvalue weighted by Crippen LogP contribution is -2.11. The van der Waals surface area contributed by atoms with Gasteiger partial charge in [-0.25, -0.2) is 9.67 Å². The van der Waals surface area contributed by atoms with Gasteiger partial charge in [0, 0.05) is 18.1 Å². The third-order valence-electron chi connectivity index (χ3n) is 2.89. The summed E-state index contributed by atoms with van der Waals surface area (Å²) in [6, 6.07) is 9.29. The van der Waals surface area contributed by atoms with Gasteiger partial charge in [0.15, 0.2) is 5.13 Å². The number of aromatic nitrogens is 3. The van der Waals surface area contributed by atoms with E-state index < -0.39 is 0 Å². The summed E-state index contributed by atoms with van der Waals surface area (Å²) in [6.07, 6.45) is 3.55. The van der Waals surface area contributed by atoms with Crippen LogP contribution in [0.1, 0.15) is 15.4 Å². The molecule has 1 aromatic carbocycles. The summed E-state index contributed by atoms with van der Waals surface area (Å²) in [5, 5.41) is 7.40. The molecule has 0 saturated carbocycles. The second-order valence-corrected chi connectivity index (χ2v) is 5.45. The summed E-state index contributed by atoms with van der Waals surface area (Å²) < 4.78 is 1.73. The Morgan fingerprint density at radius 2 is 2.24 bits per heavy atom. The molecule has 0 saturated heterocycles. The normalized spacial score (nSPS) is 10.5. The quantitative estimate of drug-likeness (QED) is 0.778. The largest absolute Gasteiger partial charge is 0.375 e. The van der Waals surface area contributed by atoms with E-state index >= 15 is 0 Å². The highest BCUT2D eigenvalue weighted by Gasteiger charge is 2.14. The summed E-state index contributed by atoms with van der Waals surface area (Å²) in [6.45, 7) is 1.77. The average molecular weight is 299 g/mol. The molecule has 6 nitrogen and oxygen atoms in total. The molecule has 1 amide bonds. The fourth-order valence-electron chi connectivity index (χ4n) is 1.96. The topological polar surface area (TPSA) is 85.8 Å². The Morgan fingerprint density at radius 1 is 1.38 bits per heavy atom. The van der Waals surface area contributed by atoms with Crippen molar-refractivity contribution in [3.05, 3.63) is 53.3 Å². The second kappa shape index (κ2) is 5.37. The molecule has 21 heavy (non-hydrogen) atoms. The van der Waals surface area contributed by atoms with Gasteiger partial charge in [0.05, 0.1) is 11.4 Å². The summed E-state index contributed by atoms with van der Waals surface area (Å²) >= 11 is 1.18. The first kappa shape index (κ1) is 13.3. The van der Waals surface area contributed by atoms with Crippen molar-refractivity contribution in [3.63, 3.8) is 0 Å². The van der Waals surface area contributed by atoms with Crippen LogP contribution in [0.15, 0.2) is 42.7 Å². The van der Waals surface area contributed by atoms with E-state index in [-0.39, 0.29) is 5.91 Å². The summed E-state index contributed by atoms with van der Waals surface area (Å²) in [4.78, 5) is 16.8. The lowest BCUT2D eigenvalue weighted by atomic mass is 10.2. The minimum absolute atomic E-state index is 0.209. The number of nitrogens with zero attached hydrogens (tertiary/aromatic N) is 3. The van der Waals surface area contributed by atoms with E-state index in [0.29, 0.717) is 21.4 Å². The van der Waals surface area contributed by atoms with Gasteiger partial charge in [-0.15, -0.1) is 0 Å². The third-order valence-corrected chi connectivity index (χ3v) is 3.88. The zero-order valence-corrected chi connectivity index (χ0v) is 12.1. The Morgan fingerprint density at radius 3 is 2.90 bits per heavy atom. The Bertz CT molecular complexity index is 779. The number of aryl methyl sites for hydroxylation is 1. The van der Waals surface area contributed by atoms with Crippen molar-refractivity contribution >= 4 is 28.1 Å². The van der Waals surface area contributed by atoms with Crippen LogP contribution in [0.2, 0.25) is 0 Å². The van der Waals surface area contributed by atoms with E-state index in [2.05, 4.69) is 15.4 Å². The van der Waals surface area contributed by atoms with E-state index in [9.17, 15) is 4.79 Å². The number of nitrogens with two attached hydrogens (primary N) is 1. The van der Waals surface area contributed by atoms with Gasteiger partial charge in [-0.1, -0.05) is 17.4 Å². The number of anilines is 2. The molecular weight excluding hydrogens is 286 g/mol. The van der Waals surface area contributed by atoms with E-state index in [1.807, 2.05) is 36.5 Å². The maximum Gasteiger partial charge on any atom is 0.267 e. The maximum atomic E-state index is 12.2. The molecule has 0 unspecified atom stereocenters. The molecule has 3 aromatic rings. The highest BCUT2D eigenvalue weighted by atomic mass is 32.1. The van der Waals surface area contributed by atoms with Crippen LogP contribution in [0.4, 0.5) is 10.8 Å². The molecule has 0 bridgehead atoms. The Hall–Kier alpha value is -2.67. The van der Waals surface area contributed by atoms with Gasteiger partial charge in [-0.2, -0.15) is 5.10 Å². The second-order valence-electron chi connectivity index (χ2n) is 4.42. The number of amides is 1. The molecule has 0 aliphatic heterocycles. The Labute approximate surface area is 125 Å². The number of nitrogens with one attached hydrogen (secondary N) is 1. The number of carbonyl (C=O) groups is 1. The predicted molar refractivity (Wildman–Crippen MR) is 82.8 cm³/mol. The van der Waals surface area contributed by atoms with Gasteiger partial charge in [0.1, 0.15) is 4.88 Å². The maximum absolute atomic E-state index is 12.2. The number of carbonyl (C=O) groups excluding carboxylic acids is 1. The van der Waals surface area contributed by atoms with Crippen molar-refractivity contribution in [1.82, 2.24) is 14.8 Å². The van der Waals surface area contributed by atoms with Crippen LogP contribution < -0.4 is 11.1 Å². The first-order chi connectivity index (χ1) is 10.1. The van der Waals surface area contributed by atoms with Crippen LogP contribution >= 0.6 is 11.3 Å². The van der Waals surface area contributed by atoms with Gasteiger partial charge < -0.3 is 11.1 Å². The van der Waals surface area contributed by atoms with Crippen molar-refractivity contribution in [2.24, 2.45) is 0 Å². The van der Waals surface area contributed by atoms with Crippen molar-refractivity contribution in [2.45, 2.75) is 6.92 Å². The zero-order chi connectivity index (χ0) is 14.8. The van der Waals surface area contributed by atoms with Gasteiger partial charge in [-0.3, -0.25) is 4.79 Å². The molecule has 2 aromatic heterocycles. The summed E-state index contributed by atoms with van der Waals surface area (Å²) in [5.74, 6) is -0.209. The molecule has 0 fully saturated rings. The lowest BCUT2D eigenvalue weighted by molar-refractivity contribution is 0.103. The predicted octanol–water partition coefficient (Wildman–Crippen LogP) is 2.47.